The van der Waals surface area contributed by atoms with Crippen molar-refractivity contribution in [3.63, 3.8) is 0 Å². The third-order valence-electron chi connectivity index (χ3n) is 4.22. The Hall–Kier alpha value is -2.05. The van der Waals surface area contributed by atoms with Crippen molar-refractivity contribution in [2.75, 3.05) is 0 Å². The molecule has 0 unspecified atom stereocenters. The zero-order valence-electron chi connectivity index (χ0n) is 14.0. The number of rotatable bonds is 2. The van der Waals surface area contributed by atoms with E-state index in [4.69, 9.17) is 0 Å². The molecule has 1 aliphatic carbocycles. The van der Waals surface area contributed by atoms with E-state index in [0.717, 1.165) is 11.1 Å². The Bertz CT molecular complexity index is 1070. The summed E-state index contributed by atoms with van der Waals surface area (Å²) in [4.78, 5) is 12.4. The molecule has 0 aromatic heterocycles. The topological polar surface area (TPSA) is 63.6 Å². The number of sulfonamides is 1. The van der Waals surface area contributed by atoms with Crippen LogP contribution >= 0.6 is 15.9 Å². The van der Waals surface area contributed by atoms with E-state index in [1.165, 1.54) is 6.08 Å². The molecule has 6 heteroatoms. The van der Waals surface area contributed by atoms with Gasteiger partial charge in [-0.3, -0.25) is 4.79 Å². The van der Waals surface area contributed by atoms with Crippen LogP contribution in [0.2, 0.25) is 0 Å². The molecule has 0 N–H and O–H groups in total. The van der Waals surface area contributed by atoms with Gasteiger partial charge in [0.2, 0.25) is 5.78 Å². The number of nitrogens with zero attached hydrogens (tertiary/aromatic N) is 1. The normalized spacial score (nSPS) is 15.9. The highest BCUT2D eigenvalue weighted by atomic mass is 79.9. The van der Waals surface area contributed by atoms with Crippen LogP contribution in [0.5, 0.6) is 0 Å². The first kappa shape index (κ1) is 17.8. The van der Waals surface area contributed by atoms with Crippen LogP contribution in [0.25, 0.3) is 0 Å². The summed E-state index contributed by atoms with van der Waals surface area (Å²) in [6, 6.07) is 10.3. The quantitative estimate of drug-likeness (QED) is 0.732. The van der Waals surface area contributed by atoms with E-state index >= 15 is 0 Å². The predicted molar refractivity (Wildman–Crippen MR) is 102 cm³/mol. The second-order valence-corrected chi connectivity index (χ2v) is 8.45. The molecule has 1 aliphatic rings. The lowest BCUT2D eigenvalue weighted by atomic mass is 9.94. The van der Waals surface area contributed by atoms with Crippen LogP contribution in [-0.2, 0) is 10.0 Å². The number of Topliss-reactive ketones (excluding diaryl/α,β-unsaturated/α-hetero) is 1. The minimum absolute atomic E-state index is 0.182. The minimum Gasteiger partial charge on any atom is -0.288 e. The first-order valence-electron chi connectivity index (χ1n) is 7.65. The van der Waals surface area contributed by atoms with Gasteiger partial charge in [-0.05, 0) is 65.5 Å². The van der Waals surface area contributed by atoms with Crippen LogP contribution < -0.4 is 0 Å². The van der Waals surface area contributed by atoms with Gasteiger partial charge in [-0.15, -0.1) is 0 Å². The van der Waals surface area contributed by atoms with Gasteiger partial charge >= 0.3 is 0 Å². The minimum atomic E-state index is -3.90. The Morgan fingerprint density at radius 3 is 2.20 bits per heavy atom. The number of fused-ring (bicyclic) bond motifs is 1. The number of ketones is 1. The molecule has 3 rings (SSSR count). The van der Waals surface area contributed by atoms with Crippen LogP contribution in [0.1, 0.15) is 32.6 Å². The average Bonchev–Trinajstić information content (AvgIpc) is 2.55. The fraction of sp³-hybridized carbons (Fsp3) is 0.158. The van der Waals surface area contributed by atoms with Crippen molar-refractivity contribution in [1.29, 1.82) is 0 Å². The molecule has 0 atom stereocenters. The standard InChI is InChI=1S/C19H16BrNO3S/c1-11-8-13(3)18(9-12(11)2)25(23,24)21-17-10-16(20)19(22)15-7-5-4-6-14(15)17/h4-10H,1-3H3/b21-17-. The molecule has 128 valence electrons. The molecule has 0 saturated heterocycles. The van der Waals surface area contributed by atoms with Crippen molar-refractivity contribution in [2.24, 2.45) is 4.40 Å². The SMILES string of the molecule is Cc1cc(C)c(S(=O)(=O)/N=C2/C=C(Br)C(=O)c3ccccc32)cc1C. The number of carbonyl (C=O) groups excluding carboxylic acids is 1. The number of carbonyl (C=O) groups is 1. The van der Waals surface area contributed by atoms with Crippen LogP contribution in [0, 0.1) is 20.8 Å². The van der Waals surface area contributed by atoms with Crippen molar-refractivity contribution in [3.8, 4) is 0 Å². The van der Waals surface area contributed by atoms with Gasteiger partial charge in [-0.2, -0.15) is 12.8 Å². The summed E-state index contributed by atoms with van der Waals surface area (Å²) in [5.74, 6) is -0.186. The van der Waals surface area contributed by atoms with E-state index < -0.39 is 10.0 Å². The van der Waals surface area contributed by atoms with E-state index in [-0.39, 0.29) is 20.9 Å². The van der Waals surface area contributed by atoms with Gasteiger partial charge in [0.15, 0.2) is 0 Å². The van der Waals surface area contributed by atoms with Gasteiger partial charge in [0.1, 0.15) is 0 Å². The third-order valence-corrected chi connectivity index (χ3v) is 6.24. The molecular formula is C19H16BrNO3S. The maximum atomic E-state index is 12.9. The molecule has 2 aromatic rings. The smallest absolute Gasteiger partial charge is 0.283 e. The van der Waals surface area contributed by atoms with Crippen molar-refractivity contribution < 1.29 is 13.2 Å². The molecule has 0 bridgehead atoms. The molecule has 0 fully saturated rings. The van der Waals surface area contributed by atoms with Gasteiger partial charge in [0, 0.05) is 11.1 Å². The maximum Gasteiger partial charge on any atom is 0.283 e. The first-order valence-corrected chi connectivity index (χ1v) is 9.88. The lowest BCUT2D eigenvalue weighted by Crippen LogP contribution is -2.16. The molecule has 2 aromatic carbocycles. The molecule has 4 nitrogen and oxygen atoms in total. The van der Waals surface area contributed by atoms with Crippen LogP contribution in [0.4, 0.5) is 0 Å². The van der Waals surface area contributed by atoms with Crippen molar-refractivity contribution in [1.82, 2.24) is 0 Å². The van der Waals surface area contributed by atoms with E-state index in [1.807, 2.05) is 19.9 Å². The van der Waals surface area contributed by atoms with Crippen LogP contribution in [0.3, 0.4) is 0 Å². The van der Waals surface area contributed by atoms with E-state index in [9.17, 15) is 13.2 Å². The Balaban J connectivity index is 2.20. The summed E-state index contributed by atoms with van der Waals surface area (Å²) < 4.78 is 30.0. The maximum absolute atomic E-state index is 12.9. The van der Waals surface area contributed by atoms with Gasteiger partial charge in [-0.1, -0.05) is 30.3 Å². The fourth-order valence-electron chi connectivity index (χ4n) is 2.76. The van der Waals surface area contributed by atoms with Crippen molar-refractivity contribution in [3.05, 3.63) is 74.8 Å². The summed E-state index contributed by atoms with van der Waals surface area (Å²) in [5.41, 5.74) is 3.76. The molecule has 0 saturated carbocycles. The monoisotopic (exact) mass is 417 g/mol. The summed E-state index contributed by atoms with van der Waals surface area (Å²) in [6.45, 7) is 5.56. The summed E-state index contributed by atoms with van der Waals surface area (Å²) in [6.07, 6.45) is 1.46. The fourth-order valence-corrected chi connectivity index (χ4v) is 4.49. The summed E-state index contributed by atoms with van der Waals surface area (Å²) in [5, 5.41) is 0. The largest absolute Gasteiger partial charge is 0.288 e. The average molecular weight is 418 g/mol. The Morgan fingerprint density at radius 2 is 1.52 bits per heavy atom. The Morgan fingerprint density at radius 1 is 0.920 bits per heavy atom. The number of aryl methyl sites for hydroxylation is 3. The second kappa shape index (κ2) is 6.35. The molecular weight excluding hydrogens is 402 g/mol. The highest BCUT2D eigenvalue weighted by Gasteiger charge is 2.25. The number of benzene rings is 2. The molecule has 0 heterocycles. The zero-order chi connectivity index (χ0) is 18.4. The summed E-state index contributed by atoms with van der Waals surface area (Å²) >= 11 is 3.20. The molecule has 0 amide bonds. The molecule has 25 heavy (non-hydrogen) atoms. The summed E-state index contributed by atoms with van der Waals surface area (Å²) in [7, 11) is -3.90. The first-order chi connectivity index (χ1) is 11.7. The lowest BCUT2D eigenvalue weighted by Gasteiger charge is -2.15. The number of halogens is 1. The number of hydrogen-bond donors (Lipinski definition) is 0. The van der Waals surface area contributed by atoms with Gasteiger partial charge in [-0.25, -0.2) is 0 Å². The highest BCUT2D eigenvalue weighted by Crippen LogP contribution is 2.27. The third kappa shape index (κ3) is 3.24. The second-order valence-electron chi connectivity index (χ2n) is 6.02. The van der Waals surface area contributed by atoms with E-state index in [2.05, 4.69) is 20.3 Å². The van der Waals surface area contributed by atoms with Gasteiger partial charge in [0.05, 0.1) is 15.1 Å². The lowest BCUT2D eigenvalue weighted by molar-refractivity contribution is 0.104. The Kier molecular flexibility index (Phi) is 4.51. The van der Waals surface area contributed by atoms with Gasteiger partial charge in [0.25, 0.3) is 10.0 Å². The van der Waals surface area contributed by atoms with Crippen molar-refractivity contribution in [2.45, 2.75) is 25.7 Å². The van der Waals surface area contributed by atoms with E-state index in [0.29, 0.717) is 16.7 Å². The van der Waals surface area contributed by atoms with Gasteiger partial charge < -0.3 is 0 Å². The highest BCUT2D eigenvalue weighted by molar-refractivity contribution is 9.12. The Labute approximate surface area is 155 Å². The zero-order valence-corrected chi connectivity index (χ0v) is 16.4. The van der Waals surface area contributed by atoms with Crippen molar-refractivity contribution >= 4 is 37.4 Å². The van der Waals surface area contributed by atoms with E-state index in [1.54, 1.807) is 37.3 Å². The van der Waals surface area contributed by atoms with Crippen LogP contribution in [0.15, 0.2) is 56.2 Å². The number of allylic oxidation sites excluding steroid dienone is 2. The molecule has 0 radical (unpaired) electrons. The predicted octanol–water partition coefficient (Wildman–Crippen LogP) is 4.26. The molecule has 0 aliphatic heterocycles. The number of hydrogen-bond acceptors (Lipinski definition) is 3. The van der Waals surface area contributed by atoms with Crippen LogP contribution in [-0.4, -0.2) is 19.9 Å². The molecule has 0 spiro atoms.